The highest BCUT2D eigenvalue weighted by Crippen LogP contribution is 2.24. The van der Waals surface area contributed by atoms with Crippen molar-refractivity contribution in [2.75, 3.05) is 13.1 Å². The molecular formula is C10H10ClFN. The first-order valence-electron chi connectivity index (χ1n) is 4.26. The van der Waals surface area contributed by atoms with Crippen molar-refractivity contribution in [1.29, 1.82) is 0 Å². The van der Waals surface area contributed by atoms with Gasteiger partial charge in [-0.2, -0.15) is 0 Å². The standard InChI is InChI=1S/C10H10ClFN/c11-9-2-1-7(5-10(9)12)8-3-4-13-6-8/h1-3,5,8,13H,4,6H2. The van der Waals surface area contributed by atoms with Gasteiger partial charge in [0.1, 0.15) is 5.82 Å². The molecule has 0 bridgehead atoms. The molecule has 1 unspecified atom stereocenters. The molecule has 1 atom stereocenters. The minimum absolute atomic E-state index is 0.190. The summed E-state index contributed by atoms with van der Waals surface area (Å²) in [6.45, 7) is 1.79. The molecule has 1 fully saturated rings. The topological polar surface area (TPSA) is 12.0 Å². The maximum absolute atomic E-state index is 13.1. The molecule has 3 heteroatoms. The summed E-state index contributed by atoms with van der Waals surface area (Å²) in [5, 5.41) is 3.38. The number of benzene rings is 1. The second kappa shape index (κ2) is 3.64. The van der Waals surface area contributed by atoms with E-state index >= 15 is 0 Å². The zero-order valence-electron chi connectivity index (χ0n) is 7.06. The van der Waals surface area contributed by atoms with E-state index in [1.807, 2.05) is 6.07 Å². The summed E-state index contributed by atoms with van der Waals surface area (Å²) in [4.78, 5) is 0. The van der Waals surface area contributed by atoms with Gasteiger partial charge in [-0.15, -0.1) is 0 Å². The number of nitrogens with one attached hydrogen (secondary N) is 1. The molecule has 1 aromatic carbocycles. The van der Waals surface area contributed by atoms with E-state index in [0.717, 1.165) is 18.7 Å². The molecule has 1 radical (unpaired) electrons. The maximum atomic E-state index is 13.1. The van der Waals surface area contributed by atoms with Gasteiger partial charge in [0.05, 0.1) is 5.02 Å². The van der Waals surface area contributed by atoms with Crippen molar-refractivity contribution in [1.82, 2.24) is 5.32 Å². The predicted molar refractivity (Wildman–Crippen MR) is 51.3 cm³/mol. The van der Waals surface area contributed by atoms with Crippen LogP contribution < -0.4 is 5.32 Å². The summed E-state index contributed by atoms with van der Waals surface area (Å²) in [6, 6.07) is 4.99. The lowest BCUT2D eigenvalue weighted by Gasteiger charge is -2.08. The molecule has 1 heterocycles. The number of halogens is 2. The number of hydrogen-bond acceptors (Lipinski definition) is 1. The average molecular weight is 199 g/mol. The van der Waals surface area contributed by atoms with E-state index in [2.05, 4.69) is 11.7 Å². The van der Waals surface area contributed by atoms with Crippen molar-refractivity contribution in [3.8, 4) is 0 Å². The van der Waals surface area contributed by atoms with Crippen LogP contribution in [0.2, 0.25) is 5.02 Å². The molecular weight excluding hydrogens is 189 g/mol. The molecule has 69 valence electrons. The van der Waals surface area contributed by atoms with Crippen LogP contribution in [-0.4, -0.2) is 13.1 Å². The Kier molecular flexibility index (Phi) is 2.51. The average Bonchev–Trinajstić information content (AvgIpc) is 2.62. The van der Waals surface area contributed by atoms with Crippen molar-refractivity contribution in [3.05, 3.63) is 41.0 Å². The first kappa shape index (κ1) is 8.97. The Morgan fingerprint density at radius 3 is 2.92 bits per heavy atom. The van der Waals surface area contributed by atoms with E-state index in [9.17, 15) is 4.39 Å². The van der Waals surface area contributed by atoms with E-state index in [4.69, 9.17) is 11.6 Å². The molecule has 13 heavy (non-hydrogen) atoms. The molecule has 0 amide bonds. The summed E-state index contributed by atoms with van der Waals surface area (Å²) in [6.07, 6.45) is 2.14. The summed E-state index contributed by atoms with van der Waals surface area (Å²) < 4.78 is 13.1. The second-order valence-electron chi connectivity index (χ2n) is 3.17. The Bertz CT molecular complexity index is 308. The smallest absolute Gasteiger partial charge is 0.142 e. The van der Waals surface area contributed by atoms with Gasteiger partial charge in [-0.1, -0.05) is 17.7 Å². The van der Waals surface area contributed by atoms with Crippen LogP contribution in [-0.2, 0) is 0 Å². The molecule has 1 saturated heterocycles. The monoisotopic (exact) mass is 198 g/mol. The third kappa shape index (κ3) is 1.84. The lowest BCUT2D eigenvalue weighted by molar-refractivity contribution is 0.624. The molecule has 1 N–H and O–H groups in total. The normalized spacial score (nSPS) is 22.2. The predicted octanol–water partition coefficient (Wildman–Crippen LogP) is 2.37. The van der Waals surface area contributed by atoms with E-state index < -0.39 is 0 Å². The van der Waals surface area contributed by atoms with Gasteiger partial charge in [-0.05, 0) is 30.7 Å². The third-order valence-electron chi connectivity index (χ3n) is 2.28. The highest BCUT2D eigenvalue weighted by Gasteiger charge is 2.17. The van der Waals surface area contributed by atoms with E-state index in [-0.39, 0.29) is 10.8 Å². The highest BCUT2D eigenvalue weighted by atomic mass is 35.5. The molecule has 0 aliphatic carbocycles. The van der Waals surface area contributed by atoms with Crippen molar-refractivity contribution < 1.29 is 4.39 Å². The van der Waals surface area contributed by atoms with Gasteiger partial charge in [0.15, 0.2) is 0 Å². The number of hydrogen-bond donors (Lipinski definition) is 1. The fraction of sp³-hybridized carbons (Fsp3) is 0.300. The first-order valence-corrected chi connectivity index (χ1v) is 4.64. The molecule has 2 rings (SSSR count). The molecule has 0 aromatic heterocycles. The van der Waals surface area contributed by atoms with Gasteiger partial charge in [0.2, 0.25) is 0 Å². The van der Waals surface area contributed by atoms with Crippen molar-refractivity contribution in [2.24, 2.45) is 0 Å². The second-order valence-corrected chi connectivity index (χ2v) is 3.58. The van der Waals surface area contributed by atoms with Gasteiger partial charge >= 0.3 is 0 Å². The van der Waals surface area contributed by atoms with Gasteiger partial charge in [-0.3, -0.25) is 0 Å². The Labute approximate surface area is 81.9 Å². The summed E-state index contributed by atoms with van der Waals surface area (Å²) in [7, 11) is 0. The SMILES string of the molecule is Fc1cc(C2[CH]CNC2)ccc1Cl. The van der Waals surface area contributed by atoms with Gasteiger partial charge in [0.25, 0.3) is 0 Å². The van der Waals surface area contributed by atoms with Crippen molar-refractivity contribution >= 4 is 11.6 Å². The Morgan fingerprint density at radius 1 is 1.46 bits per heavy atom. The minimum Gasteiger partial charge on any atom is -0.316 e. The maximum Gasteiger partial charge on any atom is 0.142 e. The van der Waals surface area contributed by atoms with E-state index in [1.54, 1.807) is 6.07 Å². The molecule has 1 nitrogen and oxygen atoms in total. The molecule has 1 aromatic rings. The summed E-state index contributed by atoms with van der Waals surface area (Å²) in [5.41, 5.74) is 0.993. The highest BCUT2D eigenvalue weighted by molar-refractivity contribution is 6.30. The zero-order valence-corrected chi connectivity index (χ0v) is 7.81. The summed E-state index contributed by atoms with van der Waals surface area (Å²) in [5.74, 6) is -0.00812. The Balaban J connectivity index is 2.25. The van der Waals surface area contributed by atoms with Crippen LogP contribution in [0.1, 0.15) is 11.5 Å². The molecule has 1 aliphatic rings. The van der Waals surface area contributed by atoms with E-state index in [1.165, 1.54) is 6.07 Å². The minimum atomic E-state index is -0.334. The molecule has 0 spiro atoms. The van der Waals surface area contributed by atoms with Gasteiger partial charge < -0.3 is 5.32 Å². The van der Waals surface area contributed by atoms with Crippen LogP contribution in [0.15, 0.2) is 18.2 Å². The van der Waals surface area contributed by atoms with Crippen LogP contribution in [0.5, 0.6) is 0 Å². The first-order chi connectivity index (χ1) is 6.27. The fourth-order valence-corrected chi connectivity index (χ4v) is 1.66. The van der Waals surface area contributed by atoms with Gasteiger partial charge in [0, 0.05) is 12.5 Å². The van der Waals surface area contributed by atoms with Crippen LogP contribution >= 0.6 is 11.6 Å². The Morgan fingerprint density at radius 2 is 2.31 bits per heavy atom. The van der Waals surface area contributed by atoms with Crippen molar-refractivity contribution in [3.63, 3.8) is 0 Å². The van der Waals surface area contributed by atoms with Crippen LogP contribution in [0.4, 0.5) is 4.39 Å². The fourth-order valence-electron chi connectivity index (χ4n) is 1.54. The lowest BCUT2D eigenvalue weighted by atomic mass is 9.98. The Hall–Kier alpha value is -0.600. The van der Waals surface area contributed by atoms with Crippen molar-refractivity contribution in [2.45, 2.75) is 5.92 Å². The lowest BCUT2D eigenvalue weighted by Crippen LogP contribution is -2.08. The van der Waals surface area contributed by atoms with Crippen LogP contribution in [0.25, 0.3) is 0 Å². The third-order valence-corrected chi connectivity index (χ3v) is 2.59. The molecule has 0 saturated carbocycles. The zero-order chi connectivity index (χ0) is 9.26. The van der Waals surface area contributed by atoms with Crippen LogP contribution in [0, 0.1) is 12.2 Å². The number of rotatable bonds is 1. The van der Waals surface area contributed by atoms with Crippen LogP contribution in [0.3, 0.4) is 0 Å². The molecule has 1 aliphatic heterocycles. The quantitative estimate of drug-likeness (QED) is 0.731. The largest absolute Gasteiger partial charge is 0.316 e. The van der Waals surface area contributed by atoms with Gasteiger partial charge in [-0.25, -0.2) is 4.39 Å². The van der Waals surface area contributed by atoms with E-state index in [0.29, 0.717) is 5.92 Å². The summed E-state index contributed by atoms with van der Waals surface area (Å²) >= 11 is 5.59.